The van der Waals surface area contributed by atoms with Crippen molar-refractivity contribution in [2.24, 2.45) is 0 Å². The molecule has 0 saturated carbocycles. The quantitative estimate of drug-likeness (QED) is 0.764. The molecule has 8 heteroatoms. The average molecular weight is 391 g/mol. The lowest BCUT2D eigenvalue weighted by Crippen LogP contribution is -2.32. The molecule has 1 heterocycles. The molecule has 0 spiro atoms. The van der Waals surface area contributed by atoms with Crippen molar-refractivity contribution in [3.8, 4) is 5.75 Å². The van der Waals surface area contributed by atoms with Gasteiger partial charge in [-0.3, -0.25) is 5.32 Å². The summed E-state index contributed by atoms with van der Waals surface area (Å²) in [6.07, 6.45) is 1.57. The number of nitrogens with one attached hydrogen (secondary N) is 2. The van der Waals surface area contributed by atoms with Gasteiger partial charge in [0.2, 0.25) is 0 Å². The molecule has 2 amide bonds. The van der Waals surface area contributed by atoms with Gasteiger partial charge < -0.3 is 10.1 Å². The summed E-state index contributed by atoms with van der Waals surface area (Å²) in [5.41, 5.74) is 0. The standard InChI is InChI=1S/C13H10BrCl2N3O2/c14-8-3-4-17-12(5-8)19-13(20)18-7-21-11-2-1-9(15)6-10(11)16/h1-6H,7H2,(H2,17,18,19,20). The molecule has 2 N–H and O–H groups in total. The van der Waals surface area contributed by atoms with Crippen LogP contribution in [0.25, 0.3) is 0 Å². The maximum Gasteiger partial charge on any atom is 0.323 e. The van der Waals surface area contributed by atoms with E-state index in [1.165, 1.54) is 0 Å². The van der Waals surface area contributed by atoms with Gasteiger partial charge in [0.25, 0.3) is 0 Å². The van der Waals surface area contributed by atoms with Crippen molar-refractivity contribution in [3.05, 3.63) is 51.0 Å². The highest BCUT2D eigenvalue weighted by Gasteiger charge is 2.05. The van der Waals surface area contributed by atoms with E-state index in [2.05, 4.69) is 31.5 Å². The fraction of sp³-hybridized carbons (Fsp3) is 0.0769. The summed E-state index contributed by atoms with van der Waals surface area (Å²) in [5, 5.41) is 5.98. The van der Waals surface area contributed by atoms with Crippen molar-refractivity contribution >= 4 is 51.0 Å². The second kappa shape index (κ2) is 7.49. The molecule has 5 nitrogen and oxygen atoms in total. The number of carbonyl (C=O) groups is 1. The van der Waals surface area contributed by atoms with E-state index in [0.717, 1.165) is 4.47 Å². The van der Waals surface area contributed by atoms with Gasteiger partial charge in [-0.05, 0) is 30.3 Å². The fourth-order valence-corrected chi connectivity index (χ4v) is 2.20. The molecule has 0 atom stereocenters. The number of hydrogen-bond donors (Lipinski definition) is 2. The molecule has 0 aliphatic heterocycles. The van der Waals surface area contributed by atoms with E-state index in [-0.39, 0.29) is 6.73 Å². The minimum atomic E-state index is -0.439. The molecular formula is C13H10BrCl2N3O2. The van der Waals surface area contributed by atoms with E-state index in [0.29, 0.717) is 21.6 Å². The van der Waals surface area contributed by atoms with Gasteiger partial charge in [0.1, 0.15) is 11.6 Å². The highest BCUT2D eigenvalue weighted by molar-refractivity contribution is 9.10. The van der Waals surface area contributed by atoms with Crippen molar-refractivity contribution in [1.82, 2.24) is 10.3 Å². The number of urea groups is 1. The molecular weight excluding hydrogens is 381 g/mol. The van der Waals surface area contributed by atoms with Gasteiger partial charge in [-0.15, -0.1) is 0 Å². The van der Waals surface area contributed by atoms with Crippen LogP contribution in [0.5, 0.6) is 5.75 Å². The Morgan fingerprint density at radius 1 is 1.29 bits per heavy atom. The predicted molar refractivity (Wildman–Crippen MR) is 86.0 cm³/mol. The zero-order valence-corrected chi connectivity index (χ0v) is 13.7. The monoisotopic (exact) mass is 389 g/mol. The van der Waals surface area contributed by atoms with Gasteiger partial charge in [-0.25, -0.2) is 9.78 Å². The van der Waals surface area contributed by atoms with E-state index in [1.807, 2.05) is 0 Å². The summed E-state index contributed by atoms with van der Waals surface area (Å²) in [6.45, 7) is -0.0405. The predicted octanol–water partition coefficient (Wildman–Crippen LogP) is 4.31. The number of anilines is 1. The summed E-state index contributed by atoms with van der Waals surface area (Å²) in [4.78, 5) is 15.6. The number of aromatic nitrogens is 1. The number of pyridine rings is 1. The summed E-state index contributed by atoms with van der Waals surface area (Å²) < 4.78 is 6.15. The third-order valence-electron chi connectivity index (χ3n) is 2.32. The minimum absolute atomic E-state index is 0.0405. The molecule has 0 bridgehead atoms. The van der Waals surface area contributed by atoms with Crippen molar-refractivity contribution in [2.75, 3.05) is 12.0 Å². The Balaban J connectivity index is 1.81. The smallest absolute Gasteiger partial charge is 0.323 e. The van der Waals surface area contributed by atoms with Gasteiger partial charge in [-0.1, -0.05) is 39.1 Å². The number of rotatable bonds is 4. The number of hydrogen-bond acceptors (Lipinski definition) is 3. The van der Waals surface area contributed by atoms with Crippen LogP contribution in [0.4, 0.5) is 10.6 Å². The van der Waals surface area contributed by atoms with Crippen LogP contribution in [0.1, 0.15) is 0 Å². The first kappa shape index (κ1) is 15.9. The van der Waals surface area contributed by atoms with Crippen molar-refractivity contribution in [3.63, 3.8) is 0 Å². The molecule has 0 radical (unpaired) electrons. The van der Waals surface area contributed by atoms with E-state index in [4.69, 9.17) is 27.9 Å². The van der Waals surface area contributed by atoms with Gasteiger partial charge in [0.05, 0.1) is 5.02 Å². The number of halogens is 3. The molecule has 2 rings (SSSR count). The second-order valence-corrected chi connectivity index (χ2v) is 5.61. The van der Waals surface area contributed by atoms with Gasteiger partial charge in [0, 0.05) is 15.7 Å². The number of amides is 2. The summed E-state index contributed by atoms with van der Waals surface area (Å²) >= 11 is 15.0. The number of nitrogens with zero attached hydrogens (tertiary/aromatic N) is 1. The third kappa shape index (κ3) is 5.08. The van der Waals surface area contributed by atoms with Crippen molar-refractivity contribution < 1.29 is 9.53 Å². The normalized spacial score (nSPS) is 10.0. The van der Waals surface area contributed by atoms with Crippen LogP contribution in [0.3, 0.4) is 0 Å². The molecule has 0 unspecified atom stereocenters. The minimum Gasteiger partial charge on any atom is -0.472 e. The van der Waals surface area contributed by atoms with Gasteiger partial charge >= 0.3 is 6.03 Å². The lowest BCUT2D eigenvalue weighted by atomic mass is 10.3. The zero-order valence-electron chi connectivity index (χ0n) is 10.6. The number of ether oxygens (including phenoxy) is 1. The van der Waals surface area contributed by atoms with Crippen LogP contribution in [0.2, 0.25) is 10.0 Å². The van der Waals surface area contributed by atoms with Crippen LogP contribution in [0, 0.1) is 0 Å². The first-order chi connectivity index (χ1) is 10.0. The Morgan fingerprint density at radius 2 is 2.10 bits per heavy atom. The van der Waals surface area contributed by atoms with Crippen molar-refractivity contribution in [2.45, 2.75) is 0 Å². The zero-order chi connectivity index (χ0) is 15.2. The van der Waals surface area contributed by atoms with Crippen LogP contribution in [0.15, 0.2) is 41.0 Å². The summed E-state index contributed by atoms with van der Waals surface area (Å²) in [5.74, 6) is 0.855. The average Bonchev–Trinajstić information content (AvgIpc) is 2.41. The Morgan fingerprint density at radius 3 is 2.81 bits per heavy atom. The van der Waals surface area contributed by atoms with E-state index < -0.39 is 6.03 Å². The molecule has 0 aliphatic rings. The SMILES string of the molecule is O=C(NCOc1ccc(Cl)cc1Cl)Nc1cc(Br)ccn1. The Labute approximate surface area is 139 Å². The Bertz CT molecular complexity index is 655. The fourth-order valence-electron chi connectivity index (χ4n) is 1.41. The lowest BCUT2D eigenvalue weighted by molar-refractivity contribution is 0.234. The molecule has 1 aromatic heterocycles. The second-order valence-electron chi connectivity index (χ2n) is 3.85. The van der Waals surface area contributed by atoms with E-state index >= 15 is 0 Å². The topological polar surface area (TPSA) is 63.2 Å². The van der Waals surface area contributed by atoms with Crippen molar-refractivity contribution in [1.29, 1.82) is 0 Å². The molecule has 2 aromatic rings. The summed E-state index contributed by atoms with van der Waals surface area (Å²) in [7, 11) is 0. The highest BCUT2D eigenvalue weighted by atomic mass is 79.9. The summed E-state index contributed by atoms with van der Waals surface area (Å²) in [6, 6.07) is 7.83. The lowest BCUT2D eigenvalue weighted by Gasteiger charge is -2.10. The first-order valence-corrected chi connectivity index (χ1v) is 7.34. The molecule has 110 valence electrons. The largest absolute Gasteiger partial charge is 0.472 e. The van der Waals surface area contributed by atoms with Crippen LogP contribution in [-0.2, 0) is 0 Å². The third-order valence-corrected chi connectivity index (χ3v) is 3.34. The molecule has 1 aromatic carbocycles. The van der Waals surface area contributed by atoms with Crippen LogP contribution >= 0.6 is 39.1 Å². The number of benzene rings is 1. The van der Waals surface area contributed by atoms with E-state index in [9.17, 15) is 4.79 Å². The molecule has 21 heavy (non-hydrogen) atoms. The molecule has 0 aliphatic carbocycles. The number of carbonyl (C=O) groups excluding carboxylic acids is 1. The maximum atomic E-state index is 11.6. The van der Waals surface area contributed by atoms with Crippen LogP contribution in [-0.4, -0.2) is 17.7 Å². The molecule has 0 fully saturated rings. The van der Waals surface area contributed by atoms with Gasteiger partial charge in [-0.2, -0.15) is 0 Å². The highest BCUT2D eigenvalue weighted by Crippen LogP contribution is 2.27. The first-order valence-electron chi connectivity index (χ1n) is 5.79. The van der Waals surface area contributed by atoms with Gasteiger partial charge in [0.15, 0.2) is 6.73 Å². The maximum absolute atomic E-state index is 11.6. The Kier molecular flexibility index (Phi) is 5.67. The Hall–Kier alpha value is -1.50. The molecule has 0 saturated heterocycles. The van der Waals surface area contributed by atoms with Crippen LogP contribution < -0.4 is 15.4 Å². The van der Waals surface area contributed by atoms with E-state index in [1.54, 1.807) is 36.5 Å².